The number of nitrogens with one attached hydrogen (secondary N) is 4. The van der Waals surface area contributed by atoms with Crippen molar-refractivity contribution >= 4 is 48.2 Å². The SMILES string of the molecule is NC(=O)CCC(NC(=O)C(N)CS)C(=O)NC(CC(=O)O)C(=O)NC(Cc1cnc[nH]1)C(=O)O. The zero-order valence-corrected chi connectivity index (χ0v) is 18.8. The summed E-state index contributed by atoms with van der Waals surface area (Å²) in [5.74, 6) is -6.55. The van der Waals surface area contributed by atoms with Crippen molar-refractivity contribution in [2.75, 3.05) is 5.75 Å². The number of aromatic nitrogens is 2. The number of aromatic amines is 1. The number of carbonyl (C=O) groups is 6. The summed E-state index contributed by atoms with van der Waals surface area (Å²) in [5, 5.41) is 25.2. The summed E-state index contributed by atoms with van der Waals surface area (Å²) in [6.07, 6.45) is 1.01. The van der Waals surface area contributed by atoms with Gasteiger partial charge in [-0.05, 0) is 6.42 Å². The lowest BCUT2D eigenvalue weighted by Gasteiger charge is -2.24. The number of carboxylic acid groups (broad SMARTS) is 2. The Balaban J connectivity index is 2.99. The molecule has 0 radical (unpaired) electrons. The Kier molecular flexibility index (Phi) is 11.5. The lowest BCUT2D eigenvalue weighted by atomic mass is 10.1. The standard InChI is InChI=1S/C18H27N7O8S/c19-9(6-34)15(29)23-10(1-2-13(20)26)16(30)24-11(4-14(27)28)17(31)25-12(18(32)33)3-8-5-21-7-22-8/h5,7,9-12,34H,1-4,6,19H2,(H2,20,26)(H,21,22)(H,23,29)(H,24,30)(H,25,31)(H,27,28)(H,32,33). The highest BCUT2D eigenvalue weighted by molar-refractivity contribution is 7.80. The smallest absolute Gasteiger partial charge is 0.326 e. The predicted octanol–water partition coefficient (Wildman–Crippen LogP) is -3.51. The van der Waals surface area contributed by atoms with Gasteiger partial charge >= 0.3 is 11.9 Å². The number of carboxylic acids is 2. The highest BCUT2D eigenvalue weighted by Gasteiger charge is 2.31. The van der Waals surface area contributed by atoms with E-state index >= 15 is 0 Å². The van der Waals surface area contributed by atoms with Gasteiger partial charge in [0.15, 0.2) is 0 Å². The first-order valence-corrected chi connectivity index (χ1v) is 10.6. The number of rotatable bonds is 15. The molecule has 34 heavy (non-hydrogen) atoms. The average molecular weight is 502 g/mol. The lowest BCUT2D eigenvalue weighted by molar-refractivity contribution is -0.143. The molecule has 0 aliphatic carbocycles. The van der Waals surface area contributed by atoms with Crippen LogP contribution in [0.15, 0.2) is 12.5 Å². The second-order valence-corrected chi connectivity index (χ2v) is 7.56. The normalized spacial score (nSPS) is 14.2. The number of imidazole rings is 1. The average Bonchev–Trinajstić information content (AvgIpc) is 3.27. The maximum atomic E-state index is 12.7. The van der Waals surface area contributed by atoms with Crippen molar-refractivity contribution in [1.29, 1.82) is 0 Å². The Labute approximate surface area is 198 Å². The number of nitrogens with zero attached hydrogens (tertiary/aromatic N) is 1. The summed E-state index contributed by atoms with van der Waals surface area (Å²) in [4.78, 5) is 77.8. The number of nitrogens with two attached hydrogens (primary N) is 2. The second kappa shape index (κ2) is 13.8. The number of amides is 4. The molecule has 0 saturated carbocycles. The van der Waals surface area contributed by atoms with Gasteiger partial charge in [0.1, 0.15) is 18.1 Å². The molecular formula is C18H27N7O8S. The zero-order chi connectivity index (χ0) is 25.8. The summed E-state index contributed by atoms with van der Waals surface area (Å²) >= 11 is 3.88. The Hall–Kier alpha value is -3.66. The van der Waals surface area contributed by atoms with Crippen LogP contribution in [0.4, 0.5) is 0 Å². The molecule has 4 atom stereocenters. The van der Waals surface area contributed by atoms with Crippen molar-refractivity contribution in [3.8, 4) is 0 Å². The van der Waals surface area contributed by atoms with Gasteiger partial charge in [-0.2, -0.15) is 12.6 Å². The van der Waals surface area contributed by atoms with Crippen molar-refractivity contribution in [2.45, 2.75) is 49.9 Å². The van der Waals surface area contributed by atoms with E-state index in [1.165, 1.54) is 12.5 Å². The van der Waals surface area contributed by atoms with E-state index in [4.69, 9.17) is 16.6 Å². The molecule has 0 aliphatic rings. The molecule has 1 aromatic rings. The van der Waals surface area contributed by atoms with Crippen LogP contribution in [0.25, 0.3) is 0 Å². The van der Waals surface area contributed by atoms with E-state index in [1.54, 1.807) is 0 Å². The summed E-state index contributed by atoms with van der Waals surface area (Å²) in [6, 6.07) is -5.61. The van der Waals surface area contributed by atoms with Gasteiger partial charge in [0, 0.05) is 30.5 Å². The largest absolute Gasteiger partial charge is 0.481 e. The molecule has 0 saturated heterocycles. The molecule has 0 spiro atoms. The quantitative estimate of drug-likeness (QED) is 0.107. The van der Waals surface area contributed by atoms with Crippen molar-refractivity contribution in [3.05, 3.63) is 18.2 Å². The van der Waals surface area contributed by atoms with E-state index in [-0.39, 0.29) is 25.0 Å². The van der Waals surface area contributed by atoms with Gasteiger partial charge in [-0.3, -0.25) is 24.0 Å². The minimum absolute atomic E-state index is 0.0487. The zero-order valence-electron chi connectivity index (χ0n) is 17.9. The third-order valence-corrected chi connectivity index (χ3v) is 4.84. The Morgan fingerprint density at radius 1 is 1.00 bits per heavy atom. The predicted molar refractivity (Wildman–Crippen MR) is 118 cm³/mol. The first-order valence-electron chi connectivity index (χ1n) is 9.92. The van der Waals surface area contributed by atoms with Crippen molar-refractivity contribution in [1.82, 2.24) is 25.9 Å². The fourth-order valence-electron chi connectivity index (χ4n) is 2.66. The van der Waals surface area contributed by atoms with Crippen LogP contribution in [-0.2, 0) is 35.2 Å². The Morgan fingerprint density at radius 3 is 2.09 bits per heavy atom. The summed E-state index contributed by atoms with van der Waals surface area (Å²) < 4.78 is 0. The first-order chi connectivity index (χ1) is 15.9. The van der Waals surface area contributed by atoms with Gasteiger partial charge in [0.2, 0.25) is 23.6 Å². The van der Waals surface area contributed by atoms with Crippen molar-refractivity contribution in [2.24, 2.45) is 11.5 Å². The lowest BCUT2D eigenvalue weighted by Crippen LogP contribution is -2.58. The topological polar surface area (TPSA) is 260 Å². The molecule has 188 valence electrons. The van der Waals surface area contributed by atoms with Gasteiger partial charge in [-0.15, -0.1) is 0 Å². The van der Waals surface area contributed by atoms with E-state index in [1.807, 2.05) is 0 Å². The summed E-state index contributed by atoms with van der Waals surface area (Å²) in [5.41, 5.74) is 11.0. The molecule has 0 bridgehead atoms. The molecule has 10 N–H and O–H groups in total. The molecule has 15 nitrogen and oxygen atoms in total. The van der Waals surface area contributed by atoms with Crippen LogP contribution >= 0.6 is 12.6 Å². The third-order valence-electron chi connectivity index (χ3n) is 4.45. The Bertz CT molecular complexity index is 895. The highest BCUT2D eigenvalue weighted by atomic mass is 32.1. The molecular weight excluding hydrogens is 474 g/mol. The number of H-pyrrole nitrogens is 1. The van der Waals surface area contributed by atoms with Crippen LogP contribution in [-0.4, -0.2) is 85.7 Å². The number of hydrogen-bond donors (Lipinski definition) is 9. The summed E-state index contributed by atoms with van der Waals surface area (Å²) in [6.45, 7) is 0. The number of hydrogen-bond acceptors (Lipinski definition) is 9. The molecule has 4 unspecified atom stereocenters. The third kappa shape index (κ3) is 9.86. The number of thiol groups is 1. The molecule has 1 rings (SSSR count). The van der Waals surface area contributed by atoms with Gasteiger partial charge < -0.3 is 42.6 Å². The van der Waals surface area contributed by atoms with Crippen molar-refractivity contribution < 1.29 is 39.0 Å². The molecule has 0 aromatic carbocycles. The first kappa shape index (κ1) is 28.4. The molecule has 0 aliphatic heterocycles. The van der Waals surface area contributed by atoms with E-state index in [2.05, 4.69) is 38.5 Å². The molecule has 4 amide bonds. The Morgan fingerprint density at radius 2 is 1.59 bits per heavy atom. The fourth-order valence-corrected chi connectivity index (χ4v) is 2.83. The maximum absolute atomic E-state index is 12.7. The minimum Gasteiger partial charge on any atom is -0.481 e. The van der Waals surface area contributed by atoms with Crippen LogP contribution in [0, 0.1) is 0 Å². The van der Waals surface area contributed by atoms with Gasteiger partial charge in [-0.25, -0.2) is 9.78 Å². The van der Waals surface area contributed by atoms with E-state index in [0.717, 1.165) is 0 Å². The molecule has 1 heterocycles. The van der Waals surface area contributed by atoms with Crippen LogP contribution in [0.5, 0.6) is 0 Å². The molecule has 16 heteroatoms. The fraction of sp³-hybridized carbons (Fsp3) is 0.500. The van der Waals surface area contributed by atoms with Crippen LogP contribution in [0.3, 0.4) is 0 Å². The van der Waals surface area contributed by atoms with Gasteiger partial charge in [-0.1, -0.05) is 0 Å². The van der Waals surface area contributed by atoms with Crippen LogP contribution < -0.4 is 27.4 Å². The minimum atomic E-state index is -1.69. The molecule has 0 fully saturated rings. The van der Waals surface area contributed by atoms with E-state index in [9.17, 15) is 33.9 Å². The van der Waals surface area contributed by atoms with Gasteiger partial charge in [0.05, 0.1) is 18.8 Å². The molecule has 1 aromatic heterocycles. The number of carbonyl (C=O) groups excluding carboxylic acids is 4. The van der Waals surface area contributed by atoms with Crippen LogP contribution in [0.2, 0.25) is 0 Å². The van der Waals surface area contributed by atoms with Gasteiger partial charge in [0.25, 0.3) is 0 Å². The van der Waals surface area contributed by atoms with Crippen molar-refractivity contribution in [3.63, 3.8) is 0 Å². The highest BCUT2D eigenvalue weighted by Crippen LogP contribution is 2.04. The summed E-state index contributed by atoms with van der Waals surface area (Å²) in [7, 11) is 0. The monoisotopic (exact) mass is 501 g/mol. The second-order valence-electron chi connectivity index (χ2n) is 7.19. The van der Waals surface area contributed by atoms with Crippen LogP contribution in [0.1, 0.15) is 25.0 Å². The van der Waals surface area contributed by atoms with E-state index < -0.39 is 66.2 Å². The number of aliphatic carboxylic acids is 2. The van der Waals surface area contributed by atoms with E-state index in [0.29, 0.717) is 5.69 Å². The maximum Gasteiger partial charge on any atom is 0.326 e. The number of primary amides is 1.